The molecule has 5 nitrogen and oxygen atoms in total. The smallest absolute Gasteiger partial charge is 0.193 e. The van der Waals surface area contributed by atoms with Gasteiger partial charge in [0.25, 0.3) is 0 Å². The van der Waals surface area contributed by atoms with Crippen molar-refractivity contribution in [3.05, 3.63) is 53.6 Å². The first-order valence-electron chi connectivity index (χ1n) is 8.91. The third-order valence-electron chi connectivity index (χ3n) is 4.18. The third-order valence-corrected chi connectivity index (χ3v) is 4.18. The van der Waals surface area contributed by atoms with Crippen molar-refractivity contribution >= 4 is 35.6 Å². The van der Waals surface area contributed by atoms with Crippen LogP contribution in [-0.2, 0) is 6.42 Å². The maximum absolute atomic E-state index is 6.00. The number of aryl methyl sites for hydroxylation is 1. The van der Waals surface area contributed by atoms with E-state index in [9.17, 15) is 0 Å². The Morgan fingerprint density at radius 3 is 2.48 bits per heavy atom. The van der Waals surface area contributed by atoms with Crippen LogP contribution in [0, 0.1) is 0 Å². The molecular weight excluding hydrogens is 453 g/mol. The molecule has 0 amide bonds. The van der Waals surface area contributed by atoms with E-state index in [0.29, 0.717) is 18.4 Å². The van der Waals surface area contributed by atoms with E-state index in [0.717, 1.165) is 30.0 Å². The molecule has 27 heavy (non-hydrogen) atoms. The number of benzene rings is 2. The maximum atomic E-state index is 6.00. The van der Waals surface area contributed by atoms with Crippen LogP contribution in [0.5, 0.6) is 11.5 Å². The minimum atomic E-state index is 0. The van der Waals surface area contributed by atoms with E-state index in [1.807, 2.05) is 30.3 Å². The second kappa shape index (κ2) is 11.7. The van der Waals surface area contributed by atoms with Gasteiger partial charge in [-0.2, -0.15) is 0 Å². The van der Waals surface area contributed by atoms with Gasteiger partial charge < -0.3 is 20.5 Å². The Hall–Kier alpha value is -1.96. The van der Waals surface area contributed by atoms with E-state index in [1.54, 1.807) is 14.2 Å². The van der Waals surface area contributed by atoms with Crippen LogP contribution < -0.4 is 20.5 Å². The molecule has 0 heterocycles. The summed E-state index contributed by atoms with van der Waals surface area (Å²) in [5, 5.41) is 3.16. The number of nitrogens with zero attached hydrogens (tertiary/aromatic N) is 1. The summed E-state index contributed by atoms with van der Waals surface area (Å²) in [6.07, 6.45) is 1.81. The molecule has 0 aliphatic carbocycles. The second-order valence-corrected chi connectivity index (χ2v) is 6.47. The third kappa shape index (κ3) is 7.28. The number of hydrogen-bond acceptors (Lipinski definition) is 3. The number of hydrogen-bond donors (Lipinski definition) is 2. The van der Waals surface area contributed by atoms with Crippen LogP contribution in [0.4, 0.5) is 5.69 Å². The molecule has 0 bridgehead atoms. The molecule has 148 valence electrons. The van der Waals surface area contributed by atoms with E-state index in [-0.39, 0.29) is 24.0 Å². The molecule has 0 aromatic heterocycles. The summed E-state index contributed by atoms with van der Waals surface area (Å²) < 4.78 is 10.6. The second-order valence-electron chi connectivity index (χ2n) is 6.47. The number of anilines is 1. The largest absolute Gasteiger partial charge is 0.493 e. The van der Waals surface area contributed by atoms with Gasteiger partial charge in [0.05, 0.1) is 14.2 Å². The van der Waals surface area contributed by atoms with Crippen molar-refractivity contribution in [1.82, 2.24) is 0 Å². The Kier molecular flexibility index (Phi) is 9.99. The highest BCUT2D eigenvalue weighted by Crippen LogP contribution is 2.27. The van der Waals surface area contributed by atoms with Crippen LogP contribution in [0.25, 0.3) is 0 Å². The van der Waals surface area contributed by atoms with Crippen molar-refractivity contribution in [2.75, 3.05) is 26.1 Å². The van der Waals surface area contributed by atoms with E-state index >= 15 is 0 Å². The lowest BCUT2D eigenvalue weighted by molar-refractivity contribution is 0.354. The summed E-state index contributed by atoms with van der Waals surface area (Å²) in [5.41, 5.74) is 9.43. The lowest BCUT2D eigenvalue weighted by Gasteiger charge is -2.10. The Labute approximate surface area is 179 Å². The van der Waals surface area contributed by atoms with Gasteiger partial charge in [0.1, 0.15) is 0 Å². The summed E-state index contributed by atoms with van der Waals surface area (Å²) in [7, 11) is 3.28. The van der Waals surface area contributed by atoms with Crippen molar-refractivity contribution in [1.29, 1.82) is 0 Å². The molecule has 0 atom stereocenters. The maximum Gasteiger partial charge on any atom is 0.193 e. The van der Waals surface area contributed by atoms with Crippen molar-refractivity contribution in [3.63, 3.8) is 0 Å². The first kappa shape index (κ1) is 23.1. The average Bonchev–Trinajstić information content (AvgIpc) is 2.65. The lowest BCUT2D eigenvalue weighted by Crippen LogP contribution is -2.23. The first-order valence-corrected chi connectivity index (χ1v) is 8.91. The van der Waals surface area contributed by atoms with Gasteiger partial charge in [0.2, 0.25) is 0 Å². The molecule has 3 N–H and O–H groups in total. The van der Waals surface area contributed by atoms with Crippen LogP contribution in [0.2, 0.25) is 0 Å². The molecule has 0 aliphatic heterocycles. The van der Waals surface area contributed by atoms with Crippen LogP contribution in [0.3, 0.4) is 0 Å². The monoisotopic (exact) mass is 483 g/mol. The molecule has 2 rings (SSSR count). The molecule has 0 unspecified atom stereocenters. The number of ether oxygens (including phenoxy) is 2. The summed E-state index contributed by atoms with van der Waals surface area (Å²) in [4.78, 5) is 4.41. The zero-order chi connectivity index (χ0) is 18.9. The molecule has 0 spiro atoms. The van der Waals surface area contributed by atoms with Crippen molar-refractivity contribution in [2.45, 2.75) is 32.6 Å². The number of guanidine groups is 1. The highest BCUT2D eigenvalue weighted by atomic mass is 127. The van der Waals surface area contributed by atoms with Gasteiger partial charge in [-0.05, 0) is 54.2 Å². The first-order chi connectivity index (χ1) is 12.5. The van der Waals surface area contributed by atoms with Crippen LogP contribution in [0.15, 0.2) is 47.5 Å². The molecule has 0 fully saturated rings. The van der Waals surface area contributed by atoms with Gasteiger partial charge in [0, 0.05) is 12.2 Å². The van der Waals surface area contributed by atoms with Gasteiger partial charge in [-0.3, -0.25) is 4.99 Å². The highest BCUT2D eigenvalue weighted by Gasteiger charge is 2.04. The molecule has 0 aliphatic rings. The average molecular weight is 483 g/mol. The van der Waals surface area contributed by atoms with E-state index in [1.165, 1.54) is 11.1 Å². The summed E-state index contributed by atoms with van der Waals surface area (Å²) >= 11 is 0. The predicted octanol–water partition coefficient (Wildman–Crippen LogP) is 4.80. The van der Waals surface area contributed by atoms with E-state index in [4.69, 9.17) is 15.2 Å². The fourth-order valence-electron chi connectivity index (χ4n) is 2.68. The van der Waals surface area contributed by atoms with Gasteiger partial charge in [-0.15, -0.1) is 24.0 Å². The number of aliphatic imine (C=N–C) groups is 1. The van der Waals surface area contributed by atoms with Gasteiger partial charge in [-0.25, -0.2) is 0 Å². The Morgan fingerprint density at radius 2 is 1.81 bits per heavy atom. The number of nitrogens with two attached hydrogens (primary N) is 1. The van der Waals surface area contributed by atoms with Crippen LogP contribution in [0.1, 0.15) is 37.3 Å². The van der Waals surface area contributed by atoms with Crippen LogP contribution in [-0.4, -0.2) is 26.7 Å². The topological polar surface area (TPSA) is 68.9 Å². The Bertz CT molecular complexity index is 748. The fourth-order valence-corrected chi connectivity index (χ4v) is 2.68. The number of halogens is 1. The van der Waals surface area contributed by atoms with Gasteiger partial charge >= 0.3 is 0 Å². The summed E-state index contributed by atoms with van der Waals surface area (Å²) in [5.74, 6) is 2.42. The number of rotatable bonds is 8. The standard InChI is InChI=1S/C21H29N3O2.HI/c1-15(2)17-8-5-9-18(14-17)24-21(22)23-12-6-7-16-10-11-19(25-3)20(13-16)26-4;/h5,8-11,13-15H,6-7,12H2,1-4H3,(H3,22,23,24);1H. The molecule has 0 saturated heterocycles. The van der Waals surface area contributed by atoms with Crippen molar-refractivity contribution < 1.29 is 9.47 Å². The van der Waals surface area contributed by atoms with Crippen molar-refractivity contribution in [2.24, 2.45) is 10.7 Å². The fraction of sp³-hybridized carbons (Fsp3) is 0.381. The highest BCUT2D eigenvalue weighted by molar-refractivity contribution is 14.0. The number of nitrogens with one attached hydrogen (secondary N) is 1. The minimum absolute atomic E-state index is 0. The van der Waals surface area contributed by atoms with E-state index in [2.05, 4.69) is 36.3 Å². The Morgan fingerprint density at radius 1 is 1.07 bits per heavy atom. The molecule has 6 heteroatoms. The molecule has 0 saturated carbocycles. The zero-order valence-electron chi connectivity index (χ0n) is 16.5. The number of methoxy groups -OCH3 is 2. The zero-order valence-corrected chi connectivity index (χ0v) is 18.8. The normalized spacial score (nSPS) is 11.1. The Balaban J connectivity index is 0.00000364. The molecule has 2 aromatic carbocycles. The predicted molar refractivity (Wildman–Crippen MR) is 124 cm³/mol. The van der Waals surface area contributed by atoms with Crippen molar-refractivity contribution in [3.8, 4) is 11.5 Å². The SMILES string of the molecule is COc1ccc(CCCN=C(N)Nc2cccc(C(C)C)c2)cc1OC.I. The molecule has 0 radical (unpaired) electrons. The molecular formula is C21H30IN3O2. The quantitative estimate of drug-likeness (QED) is 0.245. The summed E-state index contributed by atoms with van der Waals surface area (Å²) in [6, 6.07) is 14.2. The van der Waals surface area contributed by atoms with Gasteiger partial charge in [0.15, 0.2) is 17.5 Å². The van der Waals surface area contributed by atoms with Crippen LogP contribution >= 0.6 is 24.0 Å². The summed E-state index contributed by atoms with van der Waals surface area (Å²) in [6.45, 7) is 5.01. The minimum Gasteiger partial charge on any atom is -0.493 e. The lowest BCUT2D eigenvalue weighted by atomic mass is 10.0. The molecule has 2 aromatic rings. The van der Waals surface area contributed by atoms with Gasteiger partial charge in [-0.1, -0.05) is 32.0 Å². The van der Waals surface area contributed by atoms with E-state index < -0.39 is 0 Å².